The number of rotatable bonds is 2. The molecular weight excluding hydrogens is 440 g/mol. The molecule has 1 aliphatic carbocycles. The molecule has 4 aliphatic rings. The van der Waals surface area contributed by atoms with E-state index in [1.54, 1.807) is 16.8 Å². The van der Waals surface area contributed by atoms with Gasteiger partial charge in [-0.25, -0.2) is 12.9 Å². The number of pyridine rings is 1. The molecule has 1 saturated heterocycles. The Morgan fingerprint density at radius 2 is 1.91 bits per heavy atom. The summed E-state index contributed by atoms with van der Waals surface area (Å²) in [5.74, 6) is 0.907. The first kappa shape index (κ1) is 20.7. The maximum Gasteiger partial charge on any atom is 0.246 e. The van der Waals surface area contributed by atoms with Crippen LogP contribution in [0.5, 0.6) is 0 Å². The van der Waals surface area contributed by atoms with Gasteiger partial charge in [0.2, 0.25) is 10.0 Å². The molecule has 0 radical (unpaired) electrons. The van der Waals surface area contributed by atoms with Crippen LogP contribution in [0.2, 0.25) is 0 Å². The van der Waals surface area contributed by atoms with Crippen molar-refractivity contribution in [2.75, 3.05) is 19.6 Å². The lowest BCUT2D eigenvalue weighted by molar-refractivity contribution is -0.119. The Kier molecular flexibility index (Phi) is 4.29. The molecular formula is C23H26N6O3S. The topological polar surface area (TPSA) is 108 Å². The quantitative estimate of drug-likeness (QED) is 0.732. The van der Waals surface area contributed by atoms with Crippen molar-refractivity contribution in [2.45, 2.75) is 44.4 Å². The first-order valence-corrected chi connectivity index (χ1v) is 12.7. The molecule has 33 heavy (non-hydrogen) atoms. The van der Waals surface area contributed by atoms with E-state index in [0.29, 0.717) is 44.4 Å². The van der Waals surface area contributed by atoms with Gasteiger partial charge < -0.3 is 5.32 Å². The van der Waals surface area contributed by atoms with Crippen LogP contribution in [0.4, 0.5) is 0 Å². The third kappa shape index (κ3) is 2.96. The SMILES string of the molecule is CC1(C)CC(=O)C2=C(C1)NC1=C(CN=N1)C21CCN(S(=O)(=O)c2cnn3ccccc23)CC1. The van der Waals surface area contributed by atoms with Gasteiger partial charge in [0.25, 0.3) is 0 Å². The van der Waals surface area contributed by atoms with E-state index in [0.717, 1.165) is 29.1 Å². The van der Waals surface area contributed by atoms with Gasteiger partial charge in [0.1, 0.15) is 4.90 Å². The number of allylic oxidation sites excluding steroid dienone is 2. The van der Waals surface area contributed by atoms with Gasteiger partial charge in [-0.15, -0.1) is 5.11 Å². The maximum absolute atomic E-state index is 13.5. The Balaban J connectivity index is 1.36. The summed E-state index contributed by atoms with van der Waals surface area (Å²) in [6.45, 7) is 5.33. The molecule has 0 atom stereocenters. The van der Waals surface area contributed by atoms with E-state index < -0.39 is 15.4 Å². The fourth-order valence-corrected chi connectivity index (χ4v) is 7.52. The molecule has 0 aromatic carbocycles. The van der Waals surface area contributed by atoms with Gasteiger partial charge in [-0.3, -0.25) is 4.79 Å². The van der Waals surface area contributed by atoms with Gasteiger partial charge in [-0.1, -0.05) is 19.9 Å². The predicted molar refractivity (Wildman–Crippen MR) is 121 cm³/mol. The fraction of sp³-hybridized carbons (Fsp3) is 0.478. The largest absolute Gasteiger partial charge is 0.342 e. The Morgan fingerprint density at radius 3 is 2.70 bits per heavy atom. The molecule has 5 heterocycles. The molecule has 0 bridgehead atoms. The smallest absolute Gasteiger partial charge is 0.246 e. The van der Waals surface area contributed by atoms with Gasteiger partial charge in [0, 0.05) is 48.0 Å². The van der Waals surface area contributed by atoms with Crippen LogP contribution in [-0.2, 0) is 14.8 Å². The van der Waals surface area contributed by atoms with Crippen molar-refractivity contribution in [3.8, 4) is 0 Å². The first-order chi connectivity index (χ1) is 15.7. The zero-order valence-electron chi connectivity index (χ0n) is 18.7. The highest BCUT2D eigenvalue weighted by molar-refractivity contribution is 7.89. The van der Waals surface area contributed by atoms with Gasteiger partial charge in [0.15, 0.2) is 11.6 Å². The highest BCUT2D eigenvalue weighted by Gasteiger charge is 2.53. The lowest BCUT2D eigenvalue weighted by atomic mass is 9.60. The van der Waals surface area contributed by atoms with Crippen molar-refractivity contribution in [1.82, 2.24) is 19.2 Å². The van der Waals surface area contributed by atoms with Crippen LogP contribution in [-0.4, -0.2) is 47.8 Å². The van der Waals surface area contributed by atoms with E-state index >= 15 is 0 Å². The highest BCUT2D eigenvalue weighted by atomic mass is 32.2. The summed E-state index contributed by atoms with van der Waals surface area (Å²) in [5, 5.41) is 16.2. The van der Waals surface area contributed by atoms with Crippen molar-refractivity contribution in [2.24, 2.45) is 21.1 Å². The third-order valence-corrected chi connectivity index (χ3v) is 9.39. The Bertz CT molecular complexity index is 1390. The summed E-state index contributed by atoms with van der Waals surface area (Å²) < 4.78 is 30.2. The number of carbonyl (C=O) groups is 1. The number of dihydropyridines is 1. The molecule has 172 valence electrons. The number of carbonyl (C=O) groups excluding carboxylic acids is 1. The molecule has 1 spiro atoms. The zero-order valence-corrected chi connectivity index (χ0v) is 19.5. The van der Waals surface area contributed by atoms with E-state index in [1.165, 1.54) is 10.5 Å². The average molecular weight is 467 g/mol. The number of Topliss-reactive ketones (excluding diaryl/α,β-unsaturated/α-hetero) is 1. The van der Waals surface area contributed by atoms with Gasteiger partial charge in [-0.2, -0.15) is 14.5 Å². The van der Waals surface area contributed by atoms with Gasteiger partial charge in [-0.05, 0) is 36.8 Å². The molecule has 2 aromatic rings. The minimum Gasteiger partial charge on any atom is -0.342 e. The number of aromatic nitrogens is 2. The normalized spacial score (nSPS) is 24.4. The number of azo groups is 1. The summed E-state index contributed by atoms with van der Waals surface area (Å²) in [6.07, 6.45) is 5.51. The van der Waals surface area contributed by atoms with Crippen LogP contribution in [0.1, 0.15) is 39.5 Å². The van der Waals surface area contributed by atoms with Crippen LogP contribution in [0, 0.1) is 10.8 Å². The number of piperidine rings is 1. The Hall–Kier alpha value is -2.85. The molecule has 1 fully saturated rings. The lowest BCUT2D eigenvalue weighted by Gasteiger charge is -2.48. The minimum atomic E-state index is -3.71. The molecule has 2 aromatic heterocycles. The second-order valence-electron chi connectivity index (χ2n) is 10.2. The van der Waals surface area contributed by atoms with Crippen LogP contribution >= 0.6 is 0 Å². The number of fused-ring (bicyclic) bond motifs is 3. The van der Waals surface area contributed by atoms with E-state index in [4.69, 9.17) is 0 Å². The van der Waals surface area contributed by atoms with Crippen LogP contribution in [0.25, 0.3) is 5.52 Å². The standard InChI is InChI=1S/C23H26N6O3S/c1-22(2)11-16-20(18(30)12-22)23(15-13-24-27-21(15)26-16)6-9-28(10-7-23)33(31,32)19-14-25-29-8-4-3-5-17(19)29/h3-5,8,14,26H,6-7,9-13H2,1-2H3. The Labute approximate surface area is 192 Å². The van der Waals surface area contributed by atoms with Gasteiger partial charge in [0.05, 0.1) is 18.3 Å². The molecule has 0 saturated carbocycles. The lowest BCUT2D eigenvalue weighted by Crippen LogP contribution is -2.50. The molecule has 1 N–H and O–H groups in total. The molecule has 6 rings (SSSR count). The zero-order chi connectivity index (χ0) is 23.0. The molecule has 10 heteroatoms. The second-order valence-corrected chi connectivity index (χ2v) is 12.1. The number of nitrogens with one attached hydrogen (secondary N) is 1. The van der Waals surface area contributed by atoms with E-state index in [-0.39, 0.29) is 16.1 Å². The molecule has 0 unspecified atom stereocenters. The monoisotopic (exact) mass is 466 g/mol. The molecule has 3 aliphatic heterocycles. The molecule has 9 nitrogen and oxygen atoms in total. The number of nitrogens with zero attached hydrogens (tertiary/aromatic N) is 5. The van der Waals surface area contributed by atoms with Crippen LogP contribution in [0.15, 0.2) is 68.4 Å². The van der Waals surface area contributed by atoms with Crippen molar-refractivity contribution >= 4 is 21.3 Å². The van der Waals surface area contributed by atoms with E-state index in [9.17, 15) is 13.2 Å². The summed E-state index contributed by atoms with van der Waals surface area (Å²) in [6, 6.07) is 5.38. The Morgan fingerprint density at radius 1 is 1.12 bits per heavy atom. The average Bonchev–Trinajstić information content (AvgIpc) is 3.40. The van der Waals surface area contributed by atoms with Crippen LogP contribution in [0.3, 0.4) is 0 Å². The van der Waals surface area contributed by atoms with Crippen LogP contribution < -0.4 is 5.32 Å². The van der Waals surface area contributed by atoms with Crippen molar-refractivity contribution in [3.63, 3.8) is 0 Å². The summed E-state index contributed by atoms with van der Waals surface area (Å²) in [5.41, 5.74) is 2.75. The first-order valence-electron chi connectivity index (χ1n) is 11.3. The van der Waals surface area contributed by atoms with Crippen molar-refractivity contribution < 1.29 is 13.2 Å². The second kappa shape index (κ2) is 6.83. The fourth-order valence-electron chi connectivity index (χ4n) is 5.98. The molecule has 0 amide bonds. The number of hydrogen-bond acceptors (Lipinski definition) is 7. The summed E-state index contributed by atoms with van der Waals surface area (Å²) in [4.78, 5) is 13.6. The highest BCUT2D eigenvalue weighted by Crippen LogP contribution is 2.55. The maximum atomic E-state index is 13.5. The summed E-state index contributed by atoms with van der Waals surface area (Å²) >= 11 is 0. The van der Waals surface area contributed by atoms with Crippen molar-refractivity contribution in [1.29, 1.82) is 0 Å². The predicted octanol–water partition coefficient (Wildman–Crippen LogP) is 3.03. The van der Waals surface area contributed by atoms with Gasteiger partial charge >= 0.3 is 0 Å². The number of hydrogen-bond donors (Lipinski definition) is 1. The summed E-state index contributed by atoms with van der Waals surface area (Å²) in [7, 11) is -3.71. The van der Waals surface area contributed by atoms with Crippen molar-refractivity contribution in [3.05, 3.63) is 53.3 Å². The van der Waals surface area contributed by atoms with E-state index in [2.05, 4.69) is 34.5 Å². The minimum absolute atomic E-state index is 0.120. The number of ketones is 1. The number of sulfonamides is 1. The third-order valence-electron chi connectivity index (χ3n) is 7.47. The van der Waals surface area contributed by atoms with E-state index in [1.807, 2.05) is 12.1 Å².